The van der Waals surface area contributed by atoms with E-state index in [-0.39, 0.29) is 17.2 Å². The first-order valence-corrected chi connectivity index (χ1v) is 8.92. The summed E-state index contributed by atoms with van der Waals surface area (Å²) < 4.78 is 0. The van der Waals surface area contributed by atoms with Crippen molar-refractivity contribution in [1.29, 1.82) is 0 Å². The van der Waals surface area contributed by atoms with Crippen LogP contribution in [0.3, 0.4) is 0 Å². The maximum absolute atomic E-state index is 12.4. The third kappa shape index (κ3) is 5.82. The quantitative estimate of drug-likeness (QED) is 0.835. The highest BCUT2D eigenvalue weighted by atomic mass is 35.5. The summed E-state index contributed by atoms with van der Waals surface area (Å²) in [5.41, 5.74) is 1.08. The summed E-state index contributed by atoms with van der Waals surface area (Å²) in [6.45, 7) is 8.74. The van der Waals surface area contributed by atoms with E-state index < -0.39 is 0 Å². The third-order valence-corrected chi connectivity index (χ3v) is 4.42. The van der Waals surface area contributed by atoms with Crippen LogP contribution >= 0.6 is 11.6 Å². The second kappa shape index (κ2) is 8.02. The van der Waals surface area contributed by atoms with Gasteiger partial charge in [0.05, 0.1) is 0 Å². The summed E-state index contributed by atoms with van der Waals surface area (Å²) in [4.78, 5) is 28.3. The maximum atomic E-state index is 12.4. The minimum absolute atomic E-state index is 0.000987. The zero-order valence-electron chi connectivity index (χ0n) is 14.8. The van der Waals surface area contributed by atoms with Crippen LogP contribution in [0.15, 0.2) is 24.3 Å². The van der Waals surface area contributed by atoms with E-state index in [9.17, 15) is 9.59 Å². The van der Waals surface area contributed by atoms with Crippen molar-refractivity contribution in [3.63, 3.8) is 0 Å². The SMILES string of the molecule is CC(C)(C)CC(=O)N1CCN(C(=O)CCc2cccc(Cl)c2)CC1. The lowest BCUT2D eigenvalue weighted by atomic mass is 9.91. The molecule has 2 rings (SSSR count). The van der Waals surface area contributed by atoms with Gasteiger partial charge >= 0.3 is 0 Å². The van der Waals surface area contributed by atoms with Crippen molar-refractivity contribution in [3.8, 4) is 0 Å². The van der Waals surface area contributed by atoms with Crippen LogP contribution in [0.1, 0.15) is 39.2 Å². The monoisotopic (exact) mass is 350 g/mol. The molecule has 1 saturated heterocycles. The Morgan fingerprint density at radius 3 is 2.17 bits per heavy atom. The van der Waals surface area contributed by atoms with E-state index in [4.69, 9.17) is 11.6 Å². The molecule has 0 aromatic heterocycles. The molecule has 1 aliphatic rings. The van der Waals surface area contributed by atoms with Crippen LogP contribution in [0, 0.1) is 5.41 Å². The molecule has 24 heavy (non-hydrogen) atoms. The van der Waals surface area contributed by atoms with Gasteiger partial charge in [0.2, 0.25) is 11.8 Å². The van der Waals surface area contributed by atoms with Crippen molar-refractivity contribution < 1.29 is 9.59 Å². The van der Waals surface area contributed by atoms with Gasteiger partial charge in [0, 0.05) is 44.0 Å². The fourth-order valence-electron chi connectivity index (χ4n) is 2.87. The molecule has 0 atom stereocenters. The molecular formula is C19H27ClN2O2. The van der Waals surface area contributed by atoms with Crippen LogP contribution < -0.4 is 0 Å². The van der Waals surface area contributed by atoms with Crippen LogP contribution in [0.25, 0.3) is 0 Å². The predicted molar refractivity (Wildman–Crippen MR) is 97.0 cm³/mol. The minimum Gasteiger partial charge on any atom is -0.339 e. The Labute approximate surface area is 149 Å². The molecule has 132 valence electrons. The molecule has 0 aliphatic carbocycles. The molecule has 0 spiro atoms. The summed E-state index contributed by atoms with van der Waals surface area (Å²) in [5, 5.41) is 0.700. The molecule has 0 saturated carbocycles. The highest BCUT2D eigenvalue weighted by Gasteiger charge is 2.26. The Kier molecular flexibility index (Phi) is 6.27. The highest BCUT2D eigenvalue weighted by molar-refractivity contribution is 6.30. The van der Waals surface area contributed by atoms with Crippen molar-refractivity contribution in [2.24, 2.45) is 5.41 Å². The fraction of sp³-hybridized carbons (Fsp3) is 0.579. The Hall–Kier alpha value is -1.55. The van der Waals surface area contributed by atoms with Gasteiger partial charge in [-0.1, -0.05) is 44.5 Å². The van der Waals surface area contributed by atoms with Crippen molar-refractivity contribution >= 4 is 23.4 Å². The Bertz CT molecular complexity index is 587. The van der Waals surface area contributed by atoms with Gasteiger partial charge in [-0.25, -0.2) is 0 Å². The number of aryl methyl sites for hydroxylation is 1. The van der Waals surface area contributed by atoms with Gasteiger partial charge in [-0.15, -0.1) is 0 Å². The summed E-state index contributed by atoms with van der Waals surface area (Å²) in [6.07, 6.45) is 1.73. The topological polar surface area (TPSA) is 40.6 Å². The summed E-state index contributed by atoms with van der Waals surface area (Å²) >= 11 is 5.97. The van der Waals surface area contributed by atoms with Gasteiger partial charge < -0.3 is 9.80 Å². The number of halogens is 1. The minimum atomic E-state index is 0.000987. The number of amides is 2. The lowest BCUT2D eigenvalue weighted by molar-refractivity contribution is -0.140. The number of hydrogen-bond acceptors (Lipinski definition) is 2. The Balaban J connectivity index is 1.77. The Morgan fingerprint density at radius 2 is 1.62 bits per heavy atom. The van der Waals surface area contributed by atoms with E-state index >= 15 is 0 Å². The van der Waals surface area contributed by atoms with Crippen LogP contribution in [-0.4, -0.2) is 47.8 Å². The molecule has 0 N–H and O–H groups in total. The largest absolute Gasteiger partial charge is 0.339 e. The molecule has 1 fully saturated rings. The summed E-state index contributed by atoms with van der Waals surface area (Å²) in [6, 6.07) is 7.63. The van der Waals surface area contributed by atoms with Gasteiger partial charge in [0.25, 0.3) is 0 Å². The fourth-order valence-corrected chi connectivity index (χ4v) is 3.09. The first-order valence-electron chi connectivity index (χ1n) is 8.54. The second-order valence-electron chi connectivity index (χ2n) is 7.63. The van der Waals surface area contributed by atoms with E-state index in [2.05, 4.69) is 20.8 Å². The second-order valence-corrected chi connectivity index (χ2v) is 8.07. The van der Waals surface area contributed by atoms with Gasteiger partial charge in [0.15, 0.2) is 0 Å². The van der Waals surface area contributed by atoms with E-state index in [1.165, 1.54) is 0 Å². The summed E-state index contributed by atoms with van der Waals surface area (Å²) in [7, 11) is 0. The predicted octanol–water partition coefficient (Wildman–Crippen LogP) is 3.38. The zero-order chi connectivity index (χ0) is 17.7. The van der Waals surface area contributed by atoms with E-state index in [0.29, 0.717) is 50.5 Å². The molecule has 0 unspecified atom stereocenters. The first-order chi connectivity index (χ1) is 11.2. The smallest absolute Gasteiger partial charge is 0.223 e. The average molecular weight is 351 g/mol. The normalized spacial score (nSPS) is 15.5. The molecule has 2 amide bonds. The maximum Gasteiger partial charge on any atom is 0.223 e. The van der Waals surface area contributed by atoms with E-state index in [0.717, 1.165) is 5.56 Å². The molecule has 4 nitrogen and oxygen atoms in total. The molecule has 5 heteroatoms. The third-order valence-electron chi connectivity index (χ3n) is 4.18. The lowest BCUT2D eigenvalue weighted by Crippen LogP contribution is -2.51. The van der Waals surface area contributed by atoms with Crippen molar-refractivity contribution in [1.82, 2.24) is 9.80 Å². The number of nitrogens with zero attached hydrogens (tertiary/aromatic N) is 2. The number of carbonyl (C=O) groups is 2. The summed E-state index contributed by atoms with van der Waals surface area (Å²) in [5.74, 6) is 0.339. The molecule has 1 aromatic rings. The highest BCUT2D eigenvalue weighted by Crippen LogP contribution is 2.20. The number of rotatable bonds is 4. The van der Waals surface area contributed by atoms with Crippen LogP contribution in [0.4, 0.5) is 0 Å². The van der Waals surface area contributed by atoms with Crippen molar-refractivity contribution in [2.45, 2.75) is 40.0 Å². The van der Waals surface area contributed by atoms with Gasteiger partial charge in [-0.3, -0.25) is 9.59 Å². The van der Waals surface area contributed by atoms with Crippen LogP contribution in [0.2, 0.25) is 5.02 Å². The van der Waals surface area contributed by atoms with Crippen molar-refractivity contribution in [2.75, 3.05) is 26.2 Å². The van der Waals surface area contributed by atoms with Crippen molar-refractivity contribution in [3.05, 3.63) is 34.9 Å². The molecule has 1 heterocycles. The number of carbonyl (C=O) groups excluding carboxylic acids is 2. The van der Waals surface area contributed by atoms with E-state index in [1.54, 1.807) is 0 Å². The molecule has 1 aliphatic heterocycles. The molecule has 0 radical (unpaired) electrons. The number of piperazine rings is 1. The zero-order valence-corrected chi connectivity index (χ0v) is 15.6. The van der Waals surface area contributed by atoms with Crippen LogP contribution in [0.5, 0.6) is 0 Å². The Morgan fingerprint density at radius 1 is 1.04 bits per heavy atom. The average Bonchev–Trinajstić information content (AvgIpc) is 2.51. The van der Waals surface area contributed by atoms with Crippen LogP contribution in [-0.2, 0) is 16.0 Å². The standard InChI is InChI=1S/C19H27ClN2O2/c1-19(2,3)14-18(24)22-11-9-21(10-12-22)17(23)8-7-15-5-4-6-16(20)13-15/h4-6,13H,7-12,14H2,1-3H3. The first kappa shape index (κ1) is 18.8. The van der Waals surface area contributed by atoms with Gasteiger partial charge in [0.1, 0.15) is 0 Å². The van der Waals surface area contributed by atoms with Gasteiger partial charge in [-0.2, -0.15) is 0 Å². The number of benzene rings is 1. The molecule has 0 bridgehead atoms. The number of hydrogen-bond donors (Lipinski definition) is 0. The van der Waals surface area contributed by atoms with Gasteiger partial charge in [-0.05, 0) is 29.5 Å². The molecular weight excluding hydrogens is 324 g/mol. The lowest BCUT2D eigenvalue weighted by Gasteiger charge is -2.36. The molecule has 1 aromatic carbocycles. The van der Waals surface area contributed by atoms with E-state index in [1.807, 2.05) is 34.1 Å².